The van der Waals surface area contributed by atoms with Crippen molar-refractivity contribution in [3.8, 4) is 0 Å². The summed E-state index contributed by atoms with van der Waals surface area (Å²) in [6.45, 7) is 14.1. The molecule has 1 amide bonds. The van der Waals surface area contributed by atoms with Gasteiger partial charge in [0, 0.05) is 0 Å². The van der Waals surface area contributed by atoms with Gasteiger partial charge in [-0.1, -0.05) is 0 Å². The van der Waals surface area contributed by atoms with Crippen LogP contribution in [0.25, 0.3) is 0 Å². The Kier molecular flexibility index (Phi) is 10.2. The van der Waals surface area contributed by atoms with Crippen molar-refractivity contribution in [1.82, 2.24) is 4.90 Å². The van der Waals surface area contributed by atoms with Crippen molar-refractivity contribution >= 4 is 24.5 Å². The fourth-order valence-corrected chi connectivity index (χ4v) is 26.2. The fourth-order valence-electron chi connectivity index (χ4n) is 6.17. The Hall–Kier alpha value is 0.0687. The predicted octanol–water partition coefficient (Wildman–Crippen LogP) is 7.80. The zero-order valence-electron chi connectivity index (χ0n) is 20.4. The Bertz CT molecular complexity index is 480. The SMILES string of the molecule is CCC[CH2][Sn]([CH2]CCC)([CH2]CCC)[C@H]1[C@@H]2CCCC[C@H]2CN1C(=O)OC(C)(C)C. The summed E-state index contributed by atoms with van der Waals surface area (Å²) in [5.74, 6) is 1.51. The molecule has 0 N–H and O–H groups in total. The molecule has 170 valence electrons. The topological polar surface area (TPSA) is 29.5 Å². The number of fused-ring (bicyclic) bond motifs is 1. The van der Waals surface area contributed by atoms with E-state index in [-0.39, 0.29) is 6.09 Å². The van der Waals surface area contributed by atoms with E-state index in [1.807, 2.05) is 20.8 Å². The van der Waals surface area contributed by atoms with Crippen LogP contribution in [0.4, 0.5) is 4.79 Å². The number of carbonyl (C=O) groups excluding carboxylic acids is 1. The first-order chi connectivity index (χ1) is 13.8. The van der Waals surface area contributed by atoms with Gasteiger partial charge >= 0.3 is 186 Å². The molecule has 0 spiro atoms. The van der Waals surface area contributed by atoms with Crippen molar-refractivity contribution in [3.05, 3.63) is 0 Å². The molecule has 0 radical (unpaired) electrons. The average molecular weight is 514 g/mol. The van der Waals surface area contributed by atoms with E-state index in [0.29, 0.717) is 4.06 Å². The van der Waals surface area contributed by atoms with Crippen molar-refractivity contribution in [2.75, 3.05) is 6.54 Å². The van der Waals surface area contributed by atoms with E-state index in [9.17, 15) is 4.79 Å². The third-order valence-electron chi connectivity index (χ3n) is 7.48. The monoisotopic (exact) mass is 515 g/mol. The van der Waals surface area contributed by atoms with Gasteiger partial charge in [-0.2, -0.15) is 0 Å². The Morgan fingerprint density at radius 1 is 0.931 bits per heavy atom. The third-order valence-corrected chi connectivity index (χ3v) is 24.7. The van der Waals surface area contributed by atoms with E-state index in [1.165, 1.54) is 77.5 Å². The number of likely N-dealkylation sites (tertiary alicyclic amines) is 1. The van der Waals surface area contributed by atoms with Crippen LogP contribution in [0.5, 0.6) is 0 Å². The normalized spacial score (nSPS) is 25.2. The van der Waals surface area contributed by atoms with Crippen LogP contribution in [0, 0.1) is 11.8 Å². The molecule has 3 nitrogen and oxygen atoms in total. The first-order valence-electron chi connectivity index (χ1n) is 12.8. The van der Waals surface area contributed by atoms with Crippen molar-refractivity contribution in [3.63, 3.8) is 0 Å². The van der Waals surface area contributed by atoms with E-state index in [4.69, 9.17) is 4.74 Å². The molecule has 0 aromatic heterocycles. The van der Waals surface area contributed by atoms with Crippen LogP contribution in [0.1, 0.15) is 106 Å². The van der Waals surface area contributed by atoms with Crippen LogP contribution in [0.2, 0.25) is 13.3 Å². The first kappa shape index (κ1) is 25.3. The van der Waals surface area contributed by atoms with Gasteiger partial charge in [0.15, 0.2) is 0 Å². The second-order valence-corrected chi connectivity index (χ2v) is 24.7. The van der Waals surface area contributed by atoms with E-state index in [1.54, 1.807) is 0 Å². The number of hydrogen-bond donors (Lipinski definition) is 0. The average Bonchev–Trinajstić information content (AvgIpc) is 3.07. The molecule has 0 aromatic rings. The Morgan fingerprint density at radius 2 is 1.45 bits per heavy atom. The molecule has 1 aliphatic heterocycles. The summed E-state index contributed by atoms with van der Waals surface area (Å²) in [6, 6.07) is 0. The van der Waals surface area contributed by atoms with Gasteiger partial charge in [-0.25, -0.2) is 0 Å². The molecule has 1 saturated carbocycles. The Morgan fingerprint density at radius 3 is 1.93 bits per heavy atom. The predicted molar refractivity (Wildman–Crippen MR) is 127 cm³/mol. The van der Waals surface area contributed by atoms with E-state index < -0.39 is 24.0 Å². The molecule has 0 bridgehead atoms. The van der Waals surface area contributed by atoms with Crippen molar-refractivity contribution in [2.45, 2.75) is 129 Å². The minimum absolute atomic E-state index is 0.00229. The molecule has 29 heavy (non-hydrogen) atoms. The van der Waals surface area contributed by atoms with Crippen molar-refractivity contribution in [1.29, 1.82) is 0 Å². The minimum atomic E-state index is -2.57. The van der Waals surface area contributed by atoms with E-state index >= 15 is 0 Å². The summed E-state index contributed by atoms with van der Waals surface area (Å²) in [6.07, 6.45) is 13.4. The summed E-state index contributed by atoms with van der Waals surface area (Å²) in [5, 5.41) is 0. The van der Waals surface area contributed by atoms with Crippen LogP contribution in [-0.4, -0.2) is 45.6 Å². The molecular weight excluding hydrogens is 465 g/mol. The van der Waals surface area contributed by atoms with Crippen LogP contribution in [0.3, 0.4) is 0 Å². The Balaban J connectivity index is 2.41. The fraction of sp³-hybridized carbons (Fsp3) is 0.960. The quantitative estimate of drug-likeness (QED) is 0.279. The molecule has 4 heteroatoms. The number of carbonyl (C=O) groups is 1. The third kappa shape index (κ3) is 6.77. The molecule has 1 heterocycles. The molecule has 0 unspecified atom stereocenters. The standard InChI is InChI=1S/C13H22NO2.3C4H9.Sn/c1-13(2,3)16-12(15)14-8-10-6-4-5-7-11(10)9-14;3*1-3-4-2;/h8,10-11H,4-7,9H2,1-3H3;3*1,3-4H2,2H3;/t10-,11-;;;;/m0..../s1. The number of hydrogen-bond acceptors (Lipinski definition) is 2. The molecule has 2 aliphatic rings. The molecule has 0 aromatic carbocycles. The summed E-state index contributed by atoms with van der Waals surface area (Å²) in [4.78, 5) is 15.7. The van der Waals surface area contributed by atoms with Crippen molar-refractivity contribution in [2.24, 2.45) is 11.8 Å². The summed E-state index contributed by atoms with van der Waals surface area (Å²) >= 11 is -2.57. The second-order valence-electron chi connectivity index (χ2n) is 11.0. The van der Waals surface area contributed by atoms with Gasteiger partial charge in [0.2, 0.25) is 0 Å². The van der Waals surface area contributed by atoms with E-state index in [0.717, 1.165) is 18.4 Å². The summed E-state index contributed by atoms with van der Waals surface area (Å²) in [5.41, 5.74) is -0.399. The maximum atomic E-state index is 13.4. The van der Waals surface area contributed by atoms with E-state index in [2.05, 4.69) is 25.7 Å². The Labute approximate surface area is 185 Å². The van der Waals surface area contributed by atoms with Crippen LogP contribution in [0.15, 0.2) is 0 Å². The molecule has 2 rings (SSSR count). The molecule has 1 aliphatic carbocycles. The second kappa shape index (κ2) is 11.6. The van der Waals surface area contributed by atoms with Crippen LogP contribution < -0.4 is 0 Å². The van der Waals surface area contributed by atoms with Gasteiger partial charge in [0.1, 0.15) is 0 Å². The molecule has 1 saturated heterocycles. The zero-order valence-corrected chi connectivity index (χ0v) is 23.2. The first-order valence-corrected chi connectivity index (χ1v) is 20.5. The molecule has 2 fully saturated rings. The molecule has 3 atom stereocenters. The maximum absolute atomic E-state index is 13.4. The van der Waals surface area contributed by atoms with Gasteiger partial charge < -0.3 is 0 Å². The number of rotatable bonds is 10. The van der Waals surface area contributed by atoms with Crippen LogP contribution >= 0.6 is 0 Å². The number of nitrogens with zero attached hydrogens (tertiary/aromatic N) is 1. The molecular formula is C25H49NO2Sn. The van der Waals surface area contributed by atoms with Crippen LogP contribution in [-0.2, 0) is 4.74 Å². The van der Waals surface area contributed by atoms with Gasteiger partial charge in [-0.15, -0.1) is 0 Å². The van der Waals surface area contributed by atoms with Gasteiger partial charge in [0.25, 0.3) is 0 Å². The van der Waals surface area contributed by atoms with Gasteiger partial charge in [0.05, 0.1) is 0 Å². The number of unbranched alkanes of at least 4 members (excludes halogenated alkanes) is 3. The zero-order chi connectivity index (χ0) is 21.5. The number of ether oxygens (including phenoxy) is 1. The number of amides is 1. The van der Waals surface area contributed by atoms with Gasteiger partial charge in [-0.05, 0) is 0 Å². The summed E-state index contributed by atoms with van der Waals surface area (Å²) in [7, 11) is 0. The van der Waals surface area contributed by atoms with Crippen molar-refractivity contribution < 1.29 is 9.53 Å². The van der Waals surface area contributed by atoms with Gasteiger partial charge in [-0.3, -0.25) is 0 Å². The summed E-state index contributed by atoms with van der Waals surface area (Å²) < 4.78 is 11.0.